The maximum Gasteiger partial charge on any atom is 0.322 e. The molecule has 0 bridgehead atoms. The molecule has 0 fully saturated rings. The first-order valence-electron chi connectivity index (χ1n) is 5.72. The lowest BCUT2D eigenvalue weighted by atomic mass is 10.3. The first-order chi connectivity index (χ1) is 8.60. The molecule has 0 aliphatic heterocycles. The molecule has 1 aromatic rings. The molecule has 0 aliphatic rings. The fraction of sp³-hybridized carbons (Fsp3) is 0.600. The highest BCUT2D eigenvalue weighted by Crippen LogP contribution is 2.30. The lowest BCUT2D eigenvalue weighted by molar-refractivity contribution is -0.389. The van der Waals surface area contributed by atoms with Crippen molar-refractivity contribution in [1.29, 1.82) is 0 Å². The van der Waals surface area contributed by atoms with Gasteiger partial charge in [-0.05, 0) is 19.1 Å². The number of nitrogens with one attached hydrogen (secondary N) is 1. The number of nitro groups is 1. The molecule has 0 radical (unpaired) electrons. The third-order valence-electron chi connectivity index (χ3n) is 2.32. The number of aromatic nitrogens is 2. The summed E-state index contributed by atoms with van der Waals surface area (Å²) in [7, 11) is 0. The molecule has 7 nitrogen and oxygen atoms in total. The van der Waals surface area contributed by atoms with Crippen LogP contribution >= 0.6 is 11.8 Å². The van der Waals surface area contributed by atoms with Crippen molar-refractivity contribution in [2.45, 2.75) is 38.1 Å². The van der Waals surface area contributed by atoms with E-state index in [4.69, 9.17) is 5.84 Å². The summed E-state index contributed by atoms with van der Waals surface area (Å²) < 4.78 is 0. The minimum absolute atomic E-state index is 0.0319. The SMILES string of the molecule is CCCCCSc1nc(NN)nc(C)c1[N+](=O)[O-]. The first kappa shape index (κ1) is 14.7. The van der Waals surface area contributed by atoms with Crippen molar-refractivity contribution in [3.8, 4) is 0 Å². The van der Waals surface area contributed by atoms with Gasteiger partial charge in [-0.1, -0.05) is 31.5 Å². The van der Waals surface area contributed by atoms with Gasteiger partial charge in [-0.15, -0.1) is 0 Å². The number of hydrogen-bond acceptors (Lipinski definition) is 7. The van der Waals surface area contributed by atoms with Gasteiger partial charge in [-0.3, -0.25) is 15.5 Å². The normalized spacial score (nSPS) is 10.4. The smallest absolute Gasteiger partial charge is 0.292 e. The predicted octanol–water partition coefficient (Wildman–Crippen LogP) is 2.26. The van der Waals surface area contributed by atoms with Crippen molar-refractivity contribution in [1.82, 2.24) is 9.97 Å². The Morgan fingerprint density at radius 2 is 2.17 bits per heavy atom. The highest BCUT2D eigenvalue weighted by Gasteiger charge is 2.21. The number of thioether (sulfide) groups is 1. The average molecular weight is 271 g/mol. The Balaban J connectivity index is 2.91. The summed E-state index contributed by atoms with van der Waals surface area (Å²) in [6.07, 6.45) is 3.22. The van der Waals surface area contributed by atoms with E-state index in [0.29, 0.717) is 10.7 Å². The van der Waals surface area contributed by atoms with Crippen molar-refractivity contribution in [2.75, 3.05) is 11.2 Å². The van der Waals surface area contributed by atoms with E-state index in [9.17, 15) is 10.1 Å². The summed E-state index contributed by atoms with van der Waals surface area (Å²) >= 11 is 1.37. The van der Waals surface area contributed by atoms with Crippen molar-refractivity contribution in [3.05, 3.63) is 15.8 Å². The minimum Gasteiger partial charge on any atom is -0.292 e. The molecular weight excluding hydrogens is 254 g/mol. The fourth-order valence-electron chi connectivity index (χ4n) is 1.44. The molecule has 0 spiro atoms. The lowest BCUT2D eigenvalue weighted by Gasteiger charge is -2.06. The van der Waals surface area contributed by atoms with E-state index in [2.05, 4.69) is 22.3 Å². The molecule has 0 amide bonds. The number of aryl methyl sites for hydroxylation is 1. The van der Waals surface area contributed by atoms with Crippen LogP contribution in [0.15, 0.2) is 5.03 Å². The molecule has 0 atom stereocenters. The van der Waals surface area contributed by atoms with Gasteiger partial charge in [0, 0.05) is 0 Å². The van der Waals surface area contributed by atoms with E-state index in [-0.39, 0.29) is 11.6 Å². The van der Waals surface area contributed by atoms with E-state index in [0.717, 1.165) is 25.0 Å². The number of nitrogens with two attached hydrogens (primary N) is 1. The summed E-state index contributed by atoms with van der Waals surface area (Å²) in [5.41, 5.74) is 2.61. The highest BCUT2D eigenvalue weighted by molar-refractivity contribution is 7.99. The average Bonchev–Trinajstić information content (AvgIpc) is 2.33. The summed E-state index contributed by atoms with van der Waals surface area (Å²) in [6.45, 7) is 3.69. The van der Waals surface area contributed by atoms with Gasteiger partial charge in [0.15, 0.2) is 5.03 Å². The Kier molecular flexibility index (Phi) is 5.79. The third kappa shape index (κ3) is 3.81. The molecule has 0 saturated carbocycles. The fourth-order valence-corrected chi connectivity index (χ4v) is 2.49. The number of unbranched alkanes of at least 4 members (excludes halogenated alkanes) is 2. The van der Waals surface area contributed by atoms with E-state index in [1.807, 2.05) is 0 Å². The van der Waals surface area contributed by atoms with Crippen LogP contribution in [0.1, 0.15) is 31.9 Å². The Bertz CT molecular complexity index is 427. The van der Waals surface area contributed by atoms with E-state index in [1.165, 1.54) is 11.8 Å². The summed E-state index contributed by atoms with van der Waals surface area (Å²) in [4.78, 5) is 18.5. The number of nitrogens with zero attached hydrogens (tertiary/aromatic N) is 3. The Morgan fingerprint density at radius 3 is 2.72 bits per heavy atom. The van der Waals surface area contributed by atoms with E-state index in [1.54, 1.807) is 6.92 Å². The Hall–Kier alpha value is -1.41. The molecule has 8 heteroatoms. The second-order valence-corrected chi connectivity index (χ2v) is 4.83. The highest BCUT2D eigenvalue weighted by atomic mass is 32.2. The summed E-state index contributed by atoms with van der Waals surface area (Å²) in [5.74, 6) is 6.24. The van der Waals surface area contributed by atoms with Crippen molar-refractivity contribution >= 4 is 23.4 Å². The number of anilines is 1. The van der Waals surface area contributed by atoms with E-state index >= 15 is 0 Å². The van der Waals surface area contributed by atoms with Crippen molar-refractivity contribution in [3.63, 3.8) is 0 Å². The lowest BCUT2D eigenvalue weighted by Crippen LogP contribution is -2.12. The third-order valence-corrected chi connectivity index (χ3v) is 3.38. The van der Waals surface area contributed by atoms with Crippen LogP contribution in [0.25, 0.3) is 0 Å². The van der Waals surface area contributed by atoms with Gasteiger partial charge in [0.2, 0.25) is 5.95 Å². The number of hydrogen-bond donors (Lipinski definition) is 2. The van der Waals surface area contributed by atoms with E-state index < -0.39 is 4.92 Å². The second kappa shape index (κ2) is 7.12. The van der Waals surface area contributed by atoms with Crippen LogP contribution in [0.3, 0.4) is 0 Å². The van der Waals surface area contributed by atoms with Gasteiger partial charge in [0.25, 0.3) is 0 Å². The van der Waals surface area contributed by atoms with Crippen LogP contribution in [-0.2, 0) is 0 Å². The maximum absolute atomic E-state index is 11.0. The quantitative estimate of drug-likeness (QED) is 0.195. The monoisotopic (exact) mass is 271 g/mol. The second-order valence-electron chi connectivity index (χ2n) is 3.74. The zero-order valence-corrected chi connectivity index (χ0v) is 11.3. The Labute approximate surface area is 110 Å². The van der Waals surface area contributed by atoms with Gasteiger partial charge in [0.1, 0.15) is 5.69 Å². The zero-order valence-electron chi connectivity index (χ0n) is 10.5. The molecule has 0 aromatic carbocycles. The molecule has 18 heavy (non-hydrogen) atoms. The number of hydrazine groups is 1. The molecule has 100 valence electrons. The van der Waals surface area contributed by atoms with Gasteiger partial charge in [0.05, 0.1) is 4.92 Å². The molecule has 3 N–H and O–H groups in total. The van der Waals surface area contributed by atoms with Crippen LogP contribution in [0.5, 0.6) is 0 Å². The van der Waals surface area contributed by atoms with Crippen LogP contribution in [-0.4, -0.2) is 20.6 Å². The van der Waals surface area contributed by atoms with Gasteiger partial charge in [-0.2, -0.15) is 4.98 Å². The standard InChI is InChI=1S/C10H17N5O2S/c1-3-4-5-6-18-9-8(15(16)17)7(2)12-10(13-9)14-11/h3-6,11H2,1-2H3,(H,12,13,14). The van der Waals surface area contributed by atoms with Crippen molar-refractivity contribution < 1.29 is 4.92 Å². The van der Waals surface area contributed by atoms with Crippen LogP contribution < -0.4 is 11.3 Å². The maximum atomic E-state index is 11.0. The number of rotatable bonds is 7. The van der Waals surface area contributed by atoms with Crippen LogP contribution in [0, 0.1) is 17.0 Å². The summed E-state index contributed by atoms with van der Waals surface area (Å²) in [6, 6.07) is 0. The molecule has 1 rings (SSSR count). The zero-order chi connectivity index (χ0) is 13.5. The van der Waals surface area contributed by atoms with Crippen molar-refractivity contribution in [2.24, 2.45) is 5.84 Å². The molecule has 1 aromatic heterocycles. The first-order valence-corrected chi connectivity index (χ1v) is 6.71. The molecule has 0 aliphatic carbocycles. The molecule has 1 heterocycles. The van der Waals surface area contributed by atoms with Gasteiger partial charge in [-0.25, -0.2) is 10.8 Å². The van der Waals surface area contributed by atoms with Crippen LogP contribution in [0.4, 0.5) is 11.6 Å². The largest absolute Gasteiger partial charge is 0.322 e. The minimum atomic E-state index is -0.447. The Morgan fingerprint density at radius 1 is 1.44 bits per heavy atom. The topological polar surface area (TPSA) is 107 Å². The molecular formula is C10H17N5O2S. The molecule has 0 unspecified atom stereocenters. The predicted molar refractivity (Wildman–Crippen MR) is 71.5 cm³/mol. The molecule has 0 saturated heterocycles. The van der Waals surface area contributed by atoms with Gasteiger partial charge < -0.3 is 0 Å². The van der Waals surface area contributed by atoms with Gasteiger partial charge >= 0.3 is 5.69 Å². The number of nitrogen functional groups attached to an aromatic ring is 1. The van der Waals surface area contributed by atoms with Crippen LogP contribution in [0.2, 0.25) is 0 Å². The summed E-state index contributed by atoms with van der Waals surface area (Å²) in [5, 5.41) is 11.4.